The highest BCUT2D eigenvalue weighted by Crippen LogP contribution is 2.48. The van der Waals surface area contributed by atoms with Crippen LogP contribution in [0.5, 0.6) is 0 Å². The molecule has 1 nitrogen and oxygen atoms in total. The number of rotatable bonds is 1. The normalized spacial score (nSPS) is 52.4. The molecule has 2 saturated carbocycles. The first-order valence-corrected chi connectivity index (χ1v) is 7.65. The molecule has 0 aromatic heterocycles. The first-order valence-electron chi connectivity index (χ1n) is 7.65. The Labute approximate surface area is 107 Å². The van der Waals surface area contributed by atoms with Gasteiger partial charge in [-0.15, -0.1) is 0 Å². The third-order valence-electron chi connectivity index (χ3n) is 5.93. The van der Waals surface area contributed by atoms with Gasteiger partial charge in [0.15, 0.2) is 0 Å². The van der Waals surface area contributed by atoms with Gasteiger partial charge < -0.3 is 5.11 Å². The molecule has 6 atom stereocenters. The van der Waals surface area contributed by atoms with Gasteiger partial charge in [-0.3, -0.25) is 0 Å². The summed E-state index contributed by atoms with van der Waals surface area (Å²) in [6, 6.07) is 0. The van der Waals surface area contributed by atoms with E-state index in [1.54, 1.807) is 0 Å². The van der Waals surface area contributed by atoms with Crippen LogP contribution in [0.25, 0.3) is 0 Å². The minimum Gasteiger partial charge on any atom is -0.389 e. The van der Waals surface area contributed by atoms with Crippen LogP contribution in [0.15, 0.2) is 0 Å². The molecule has 0 heterocycles. The minimum atomic E-state index is -0.355. The smallest absolute Gasteiger partial charge is 0.0703 e. The van der Waals surface area contributed by atoms with E-state index in [1.807, 2.05) is 0 Å². The summed E-state index contributed by atoms with van der Waals surface area (Å²) in [6.45, 7) is 9.33. The minimum absolute atomic E-state index is 0.355. The van der Waals surface area contributed by atoms with Crippen LogP contribution in [-0.4, -0.2) is 10.7 Å². The number of aliphatic hydroxyl groups is 1. The van der Waals surface area contributed by atoms with Crippen LogP contribution in [0.4, 0.5) is 0 Å². The highest BCUT2D eigenvalue weighted by atomic mass is 16.3. The average molecular weight is 238 g/mol. The Bertz CT molecular complexity index is 262. The molecule has 0 aliphatic heterocycles. The molecule has 100 valence electrons. The van der Waals surface area contributed by atoms with Gasteiger partial charge in [0.1, 0.15) is 0 Å². The van der Waals surface area contributed by atoms with Crippen molar-refractivity contribution in [3.63, 3.8) is 0 Å². The molecule has 2 aliphatic rings. The summed E-state index contributed by atoms with van der Waals surface area (Å²) < 4.78 is 0. The van der Waals surface area contributed by atoms with Crippen molar-refractivity contribution in [2.45, 2.75) is 71.8 Å². The molecule has 0 amide bonds. The fourth-order valence-corrected chi connectivity index (χ4v) is 4.22. The molecule has 0 radical (unpaired) electrons. The van der Waals surface area contributed by atoms with E-state index in [4.69, 9.17) is 0 Å². The van der Waals surface area contributed by atoms with Crippen molar-refractivity contribution in [1.29, 1.82) is 0 Å². The monoisotopic (exact) mass is 238 g/mol. The third-order valence-corrected chi connectivity index (χ3v) is 5.93. The predicted octanol–water partition coefficient (Wildman–Crippen LogP) is 4.25. The molecule has 2 aliphatic carbocycles. The van der Waals surface area contributed by atoms with Gasteiger partial charge in [-0.25, -0.2) is 0 Å². The highest BCUT2D eigenvalue weighted by molar-refractivity contribution is 4.97. The lowest BCUT2D eigenvalue weighted by atomic mass is 9.60. The van der Waals surface area contributed by atoms with Crippen LogP contribution in [-0.2, 0) is 0 Å². The Morgan fingerprint density at radius 1 is 0.882 bits per heavy atom. The maximum Gasteiger partial charge on any atom is 0.0703 e. The van der Waals surface area contributed by atoms with Crippen molar-refractivity contribution < 1.29 is 5.11 Å². The zero-order chi connectivity index (χ0) is 12.6. The van der Waals surface area contributed by atoms with Crippen LogP contribution in [0.3, 0.4) is 0 Å². The van der Waals surface area contributed by atoms with Crippen molar-refractivity contribution in [2.75, 3.05) is 0 Å². The second-order valence-electron chi connectivity index (χ2n) is 7.24. The molecule has 17 heavy (non-hydrogen) atoms. The summed E-state index contributed by atoms with van der Waals surface area (Å²) in [5, 5.41) is 11.1. The van der Waals surface area contributed by atoms with E-state index in [-0.39, 0.29) is 5.60 Å². The lowest BCUT2D eigenvalue weighted by molar-refractivity contribution is -0.119. The van der Waals surface area contributed by atoms with Gasteiger partial charge >= 0.3 is 0 Å². The zero-order valence-corrected chi connectivity index (χ0v) is 12.1. The van der Waals surface area contributed by atoms with E-state index in [2.05, 4.69) is 27.7 Å². The molecule has 1 N–H and O–H groups in total. The van der Waals surface area contributed by atoms with Crippen LogP contribution < -0.4 is 0 Å². The highest BCUT2D eigenvalue weighted by Gasteiger charge is 2.46. The summed E-state index contributed by atoms with van der Waals surface area (Å²) in [5.74, 6) is 3.43. The Hall–Kier alpha value is -0.0400. The molecule has 1 heteroatoms. The maximum absolute atomic E-state index is 11.1. The van der Waals surface area contributed by atoms with Crippen molar-refractivity contribution in [3.05, 3.63) is 0 Å². The van der Waals surface area contributed by atoms with Crippen LogP contribution in [0, 0.1) is 29.6 Å². The van der Waals surface area contributed by atoms with Gasteiger partial charge in [-0.1, -0.05) is 40.5 Å². The molecule has 0 spiro atoms. The Morgan fingerprint density at radius 3 is 2.24 bits per heavy atom. The maximum atomic E-state index is 11.1. The van der Waals surface area contributed by atoms with Crippen molar-refractivity contribution >= 4 is 0 Å². The first-order chi connectivity index (χ1) is 7.93. The lowest BCUT2D eigenvalue weighted by Crippen LogP contribution is -2.50. The molecule has 0 bridgehead atoms. The third kappa shape index (κ3) is 2.54. The molecule has 2 fully saturated rings. The fraction of sp³-hybridized carbons (Fsp3) is 1.00. The summed E-state index contributed by atoms with van der Waals surface area (Å²) in [4.78, 5) is 0. The quantitative estimate of drug-likeness (QED) is 0.724. The van der Waals surface area contributed by atoms with Gasteiger partial charge in [0.25, 0.3) is 0 Å². The molecule has 2 rings (SSSR count). The van der Waals surface area contributed by atoms with E-state index in [1.165, 1.54) is 32.1 Å². The first kappa shape index (κ1) is 13.4. The van der Waals surface area contributed by atoms with Crippen LogP contribution in [0.1, 0.15) is 66.2 Å². The van der Waals surface area contributed by atoms with E-state index in [9.17, 15) is 5.11 Å². The van der Waals surface area contributed by atoms with E-state index in [0.29, 0.717) is 17.8 Å². The summed E-state index contributed by atoms with van der Waals surface area (Å²) in [7, 11) is 0. The molecule has 0 aromatic rings. The van der Waals surface area contributed by atoms with Crippen LogP contribution >= 0.6 is 0 Å². The van der Waals surface area contributed by atoms with Gasteiger partial charge in [-0.2, -0.15) is 0 Å². The lowest BCUT2D eigenvalue weighted by Gasteiger charge is -2.49. The van der Waals surface area contributed by atoms with E-state index in [0.717, 1.165) is 18.3 Å². The summed E-state index contributed by atoms with van der Waals surface area (Å²) in [6.07, 6.45) is 7.38. The molecule has 0 aromatic carbocycles. The van der Waals surface area contributed by atoms with Gasteiger partial charge in [0.05, 0.1) is 5.60 Å². The average Bonchev–Trinajstić information content (AvgIpc) is 2.28. The fourth-order valence-electron chi connectivity index (χ4n) is 4.22. The molecule has 6 unspecified atom stereocenters. The summed E-state index contributed by atoms with van der Waals surface area (Å²) >= 11 is 0. The number of hydrogen-bond donors (Lipinski definition) is 1. The number of hydrogen-bond acceptors (Lipinski definition) is 1. The Kier molecular flexibility index (Phi) is 3.87. The molecular formula is C16H30O. The van der Waals surface area contributed by atoms with E-state index < -0.39 is 0 Å². The van der Waals surface area contributed by atoms with Crippen molar-refractivity contribution in [2.24, 2.45) is 29.6 Å². The standard InChI is InChI=1S/C16H30O/c1-11-5-7-14(4)16(17,10-11)15-8-6-12(2)13(3)9-15/h11-15,17H,5-10H2,1-4H3. The van der Waals surface area contributed by atoms with Gasteiger partial charge in [-0.05, 0) is 55.3 Å². The SMILES string of the molecule is CC1CCC(C)C(O)(C2CCC(C)C(C)C2)C1. The summed E-state index contributed by atoms with van der Waals surface area (Å²) in [5.41, 5.74) is -0.355. The molecular weight excluding hydrogens is 208 g/mol. The van der Waals surface area contributed by atoms with Crippen molar-refractivity contribution in [1.82, 2.24) is 0 Å². The van der Waals surface area contributed by atoms with E-state index >= 15 is 0 Å². The topological polar surface area (TPSA) is 20.2 Å². The predicted molar refractivity (Wildman–Crippen MR) is 72.8 cm³/mol. The Balaban J connectivity index is 2.08. The largest absolute Gasteiger partial charge is 0.389 e. The Morgan fingerprint density at radius 2 is 1.59 bits per heavy atom. The second kappa shape index (κ2) is 4.91. The van der Waals surface area contributed by atoms with Gasteiger partial charge in [0.2, 0.25) is 0 Å². The van der Waals surface area contributed by atoms with Gasteiger partial charge in [0, 0.05) is 0 Å². The second-order valence-corrected chi connectivity index (χ2v) is 7.24. The zero-order valence-electron chi connectivity index (χ0n) is 12.1. The van der Waals surface area contributed by atoms with Crippen LogP contribution in [0.2, 0.25) is 0 Å². The molecule has 0 saturated heterocycles. The van der Waals surface area contributed by atoms with Crippen molar-refractivity contribution in [3.8, 4) is 0 Å².